The summed E-state index contributed by atoms with van der Waals surface area (Å²) in [5.41, 5.74) is 1.81. The highest BCUT2D eigenvalue weighted by atomic mass is 16.5. The van der Waals surface area contributed by atoms with Crippen LogP contribution in [-0.2, 0) is 16.1 Å². The molecule has 2 aromatic heterocycles. The van der Waals surface area contributed by atoms with E-state index in [0.29, 0.717) is 17.9 Å². The highest BCUT2D eigenvalue weighted by Gasteiger charge is 2.19. The third kappa shape index (κ3) is 3.91. The molecule has 0 N–H and O–H groups in total. The summed E-state index contributed by atoms with van der Waals surface area (Å²) in [7, 11) is 2.70. The van der Waals surface area contributed by atoms with Gasteiger partial charge in [-0.3, -0.25) is 4.57 Å². The molecule has 2 heterocycles. The highest BCUT2D eigenvalue weighted by Crippen LogP contribution is 2.20. The molecule has 0 saturated heterocycles. The quantitative estimate of drug-likeness (QED) is 0.531. The molecular weight excluding hydrogens is 332 g/mol. The Bertz CT molecular complexity index is 915. The second kappa shape index (κ2) is 8.80. The van der Waals surface area contributed by atoms with E-state index in [9.17, 15) is 9.59 Å². The standard InChI is InChI=1S/C18H17N2O4.2CH4/c1-23-17(21)14-7-5-9-19(11-14)12-20-15-8-4-3-6-13(15)10-16(20)18(22)24-2;;/h3-11H,12H2,1-2H3;2*1H4/q+1;;. The maximum atomic E-state index is 12.1. The number of nitrogens with zero attached hydrogens (tertiary/aromatic N) is 2. The van der Waals surface area contributed by atoms with Crippen LogP contribution in [0.2, 0.25) is 0 Å². The van der Waals surface area contributed by atoms with Gasteiger partial charge in [-0.25, -0.2) is 9.59 Å². The van der Waals surface area contributed by atoms with Crippen molar-refractivity contribution in [3.63, 3.8) is 0 Å². The van der Waals surface area contributed by atoms with Crippen LogP contribution in [0.5, 0.6) is 0 Å². The van der Waals surface area contributed by atoms with Crippen LogP contribution in [0.15, 0.2) is 54.9 Å². The van der Waals surface area contributed by atoms with Crippen molar-refractivity contribution < 1.29 is 23.6 Å². The van der Waals surface area contributed by atoms with E-state index in [1.165, 1.54) is 14.2 Å². The van der Waals surface area contributed by atoms with E-state index in [1.807, 2.05) is 39.6 Å². The van der Waals surface area contributed by atoms with Crippen LogP contribution in [0, 0.1) is 0 Å². The second-order valence-corrected chi connectivity index (χ2v) is 5.25. The van der Waals surface area contributed by atoms with Crippen molar-refractivity contribution in [3.05, 3.63) is 66.1 Å². The summed E-state index contributed by atoms with van der Waals surface area (Å²) in [6.45, 7) is 0.364. The Hall–Kier alpha value is -3.15. The van der Waals surface area contributed by atoms with Crippen molar-refractivity contribution in [1.82, 2.24) is 4.57 Å². The first-order valence-electron chi connectivity index (χ1n) is 7.38. The topological polar surface area (TPSA) is 61.4 Å². The average molecular weight is 357 g/mol. The minimum atomic E-state index is -0.407. The Kier molecular flexibility index (Phi) is 7.07. The van der Waals surface area contributed by atoms with Gasteiger partial charge in [-0.2, -0.15) is 4.57 Å². The summed E-state index contributed by atoms with van der Waals surface area (Å²) in [6.07, 6.45) is 3.50. The van der Waals surface area contributed by atoms with Crippen LogP contribution in [0.1, 0.15) is 35.7 Å². The zero-order valence-electron chi connectivity index (χ0n) is 13.4. The number of methoxy groups -OCH3 is 2. The number of pyridine rings is 1. The van der Waals surface area contributed by atoms with Crippen molar-refractivity contribution in [2.24, 2.45) is 0 Å². The lowest BCUT2D eigenvalue weighted by atomic mass is 10.2. The number of fused-ring (bicyclic) bond motifs is 1. The Labute approximate surface area is 153 Å². The Morgan fingerprint density at radius 2 is 1.69 bits per heavy atom. The van der Waals surface area contributed by atoms with E-state index in [4.69, 9.17) is 9.47 Å². The SMILES string of the molecule is C.C.COC(=O)c1ccc[n+](Cn2c(C(=O)OC)cc3ccccc32)c1. The first-order valence-corrected chi connectivity index (χ1v) is 7.38. The Morgan fingerprint density at radius 3 is 2.38 bits per heavy atom. The van der Waals surface area contributed by atoms with Crippen LogP contribution >= 0.6 is 0 Å². The van der Waals surface area contributed by atoms with Gasteiger partial charge in [0, 0.05) is 11.5 Å². The molecule has 0 radical (unpaired) electrons. The smallest absolute Gasteiger partial charge is 0.354 e. The van der Waals surface area contributed by atoms with Gasteiger partial charge in [0.25, 0.3) is 0 Å². The maximum absolute atomic E-state index is 12.1. The molecule has 0 aliphatic carbocycles. The molecule has 138 valence electrons. The van der Waals surface area contributed by atoms with Gasteiger partial charge >= 0.3 is 11.9 Å². The van der Waals surface area contributed by atoms with Crippen LogP contribution in [0.25, 0.3) is 10.9 Å². The number of para-hydroxylation sites is 1. The fourth-order valence-electron chi connectivity index (χ4n) is 2.65. The predicted octanol–water partition coefficient (Wildman–Crippen LogP) is 3.28. The molecule has 0 aliphatic rings. The second-order valence-electron chi connectivity index (χ2n) is 5.25. The van der Waals surface area contributed by atoms with E-state index >= 15 is 0 Å². The summed E-state index contributed by atoms with van der Waals surface area (Å²) < 4.78 is 13.3. The van der Waals surface area contributed by atoms with Gasteiger partial charge in [-0.05, 0) is 18.2 Å². The molecule has 0 unspecified atom stereocenters. The minimum Gasteiger partial charge on any atom is -0.465 e. The molecule has 0 spiro atoms. The van der Waals surface area contributed by atoms with Crippen molar-refractivity contribution >= 4 is 22.8 Å². The van der Waals surface area contributed by atoms with Crippen molar-refractivity contribution in [1.29, 1.82) is 0 Å². The number of hydrogen-bond acceptors (Lipinski definition) is 4. The molecule has 0 fully saturated rings. The van der Waals surface area contributed by atoms with Crippen molar-refractivity contribution in [2.45, 2.75) is 21.5 Å². The molecule has 1 aromatic carbocycles. The number of esters is 2. The average Bonchev–Trinajstić information content (AvgIpc) is 2.99. The summed E-state index contributed by atoms with van der Waals surface area (Å²) in [5, 5.41) is 0.947. The summed E-state index contributed by atoms with van der Waals surface area (Å²) in [4.78, 5) is 23.8. The zero-order chi connectivity index (χ0) is 17.1. The van der Waals surface area contributed by atoms with E-state index in [-0.39, 0.29) is 14.9 Å². The van der Waals surface area contributed by atoms with E-state index < -0.39 is 11.9 Å². The largest absolute Gasteiger partial charge is 0.465 e. The van der Waals surface area contributed by atoms with Gasteiger partial charge < -0.3 is 9.47 Å². The fraction of sp³-hybridized carbons (Fsp3) is 0.250. The van der Waals surface area contributed by atoms with E-state index in [0.717, 1.165) is 10.9 Å². The van der Waals surface area contributed by atoms with E-state index in [1.54, 1.807) is 24.4 Å². The summed E-state index contributed by atoms with van der Waals surface area (Å²) >= 11 is 0. The van der Waals surface area contributed by atoms with Gasteiger partial charge in [0.1, 0.15) is 11.3 Å². The van der Waals surface area contributed by atoms with Crippen molar-refractivity contribution in [2.75, 3.05) is 14.2 Å². The van der Waals surface area contributed by atoms with Crippen LogP contribution < -0.4 is 4.57 Å². The molecule has 6 nitrogen and oxygen atoms in total. The van der Waals surface area contributed by atoms with Gasteiger partial charge in [-0.15, -0.1) is 0 Å². The Morgan fingerprint density at radius 1 is 1.00 bits per heavy atom. The molecular formula is C20H25N2O4+. The number of hydrogen-bond donors (Lipinski definition) is 0. The van der Waals surface area contributed by atoms with E-state index in [2.05, 4.69) is 0 Å². The number of benzene rings is 1. The number of aromatic nitrogens is 2. The lowest BCUT2D eigenvalue weighted by Crippen LogP contribution is -2.38. The molecule has 0 atom stereocenters. The minimum absolute atomic E-state index is 0. The molecule has 6 heteroatoms. The van der Waals surface area contributed by atoms with Gasteiger partial charge in [0.05, 0.1) is 19.7 Å². The van der Waals surface area contributed by atoms with Crippen molar-refractivity contribution in [3.8, 4) is 0 Å². The molecule has 26 heavy (non-hydrogen) atoms. The van der Waals surface area contributed by atoms with Gasteiger partial charge in [-0.1, -0.05) is 33.1 Å². The number of rotatable bonds is 4. The normalized spacial score (nSPS) is 9.77. The monoisotopic (exact) mass is 357 g/mol. The molecule has 0 saturated carbocycles. The molecule has 3 aromatic rings. The Balaban J connectivity index is 0.00000169. The van der Waals surface area contributed by atoms with Crippen LogP contribution in [-0.4, -0.2) is 30.7 Å². The molecule has 3 rings (SSSR count). The summed E-state index contributed by atoms with van der Waals surface area (Å²) in [5.74, 6) is -0.814. The number of ether oxygens (including phenoxy) is 2. The fourth-order valence-corrected chi connectivity index (χ4v) is 2.65. The number of carbonyl (C=O) groups excluding carboxylic acids is 2. The third-order valence-corrected chi connectivity index (χ3v) is 3.79. The predicted molar refractivity (Wildman–Crippen MR) is 100 cm³/mol. The van der Waals surface area contributed by atoms with Gasteiger partial charge in [0.2, 0.25) is 6.67 Å². The maximum Gasteiger partial charge on any atom is 0.354 e. The van der Waals surface area contributed by atoms with Gasteiger partial charge in [0.15, 0.2) is 12.4 Å². The van der Waals surface area contributed by atoms with Crippen LogP contribution in [0.4, 0.5) is 0 Å². The molecule has 0 bridgehead atoms. The first kappa shape index (κ1) is 20.9. The number of carbonyl (C=O) groups is 2. The third-order valence-electron chi connectivity index (χ3n) is 3.79. The lowest BCUT2D eigenvalue weighted by Gasteiger charge is -2.07. The van der Waals surface area contributed by atoms with Crippen LogP contribution in [0.3, 0.4) is 0 Å². The zero-order valence-corrected chi connectivity index (χ0v) is 13.4. The molecule has 0 aliphatic heterocycles. The first-order chi connectivity index (χ1) is 11.6. The highest BCUT2D eigenvalue weighted by molar-refractivity contribution is 5.95. The lowest BCUT2D eigenvalue weighted by molar-refractivity contribution is -0.701. The summed E-state index contributed by atoms with van der Waals surface area (Å²) in [6, 6.07) is 12.9. The molecule has 0 amide bonds.